The number of nitrogens with one attached hydrogen (secondary N) is 2. The number of rotatable bonds is 4. The van der Waals surface area contributed by atoms with Crippen LogP contribution in [0.3, 0.4) is 0 Å². The summed E-state index contributed by atoms with van der Waals surface area (Å²) in [5.41, 5.74) is 6.73. The van der Waals surface area contributed by atoms with E-state index in [0.29, 0.717) is 23.0 Å². The van der Waals surface area contributed by atoms with Crippen LogP contribution in [0.2, 0.25) is 5.02 Å². The highest BCUT2D eigenvalue weighted by molar-refractivity contribution is 6.30. The van der Waals surface area contributed by atoms with Crippen molar-refractivity contribution in [1.29, 1.82) is 0 Å². The van der Waals surface area contributed by atoms with Crippen molar-refractivity contribution in [2.75, 3.05) is 5.32 Å². The van der Waals surface area contributed by atoms with Crippen LogP contribution < -0.4 is 16.4 Å². The first kappa shape index (κ1) is 21.3. The zero-order valence-corrected chi connectivity index (χ0v) is 18.2. The molecule has 4 amide bonds. The number of carbonyl (C=O) groups is 3. The Morgan fingerprint density at radius 3 is 2.70 bits per heavy atom. The number of anilines is 1. The third-order valence-electron chi connectivity index (χ3n) is 6.32. The van der Waals surface area contributed by atoms with Gasteiger partial charge >= 0.3 is 12.1 Å². The van der Waals surface area contributed by atoms with E-state index in [9.17, 15) is 18.8 Å². The number of likely N-dealkylation sites (tertiary alicyclic amines) is 1. The normalized spacial score (nSPS) is 21.0. The Bertz CT molecular complexity index is 1290. The van der Waals surface area contributed by atoms with E-state index in [0.717, 1.165) is 6.42 Å². The van der Waals surface area contributed by atoms with Crippen molar-refractivity contribution in [2.24, 2.45) is 11.7 Å². The zero-order chi connectivity index (χ0) is 23.3. The summed E-state index contributed by atoms with van der Waals surface area (Å²) < 4.78 is 15.4. The Balaban J connectivity index is 1.33. The van der Waals surface area contributed by atoms with Gasteiger partial charge in [-0.1, -0.05) is 41.9 Å². The zero-order valence-electron chi connectivity index (χ0n) is 17.4. The van der Waals surface area contributed by atoms with Gasteiger partial charge in [0.1, 0.15) is 11.9 Å². The van der Waals surface area contributed by atoms with Crippen molar-refractivity contribution in [3.8, 4) is 0 Å². The molecule has 1 aliphatic carbocycles. The van der Waals surface area contributed by atoms with Crippen molar-refractivity contribution in [3.63, 3.8) is 0 Å². The number of aromatic nitrogens is 1. The summed E-state index contributed by atoms with van der Waals surface area (Å²) in [6.45, 7) is -0.0291. The van der Waals surface area contributed by atoms with E-state index in [-0.39, 0.29) is 35.0 Å². The molecule has 0 radical (unpaired) electrons. The van der Waals surface area contributed by atoms with E-state index in [1.54, 1.807) is 41.3 Å². The molecule has 3 atom stereocenters. The average Bonchev–Trinajstić information content (AvgIpc) is 3.30. The number of urea groups is 1. The second-order valence-corrected chi connectivity index (χ2v) is 8.76. The molecule has 0 unspecified atom stereocenters. The predicted octanol–water partition coefficient (Wildman–Crippen LogP) is 3.67. The second kappa shape index (κ2) is 8.08. The highest BCUT2D eigenvalue weighted by Crippen LogP contribution is 2.48. The number of nitrogens with two attached hydrogens (primary N) is 1. The van der Waals surface area contributed by atoms with E-state index in [1.807, 2.05) is 0 Å². The summed E-state index contributed by atoms with van der Waals surface area (Å²) in [4.78, 5) is 39.4. The summed E-state index contributed by atoms with van der Waals surface area (Å²) in [5, 5.41) is 6.21. The lowest BCUT2D eigenvalue weighted by Crippen LogP contribution is -2.49. The van der Waals surface area contributed by atoms with Crippen LogP contribution in [0.5, 0.6) is 0 Å². The number of benzene rings is 2. The molecule has 2 aliphatic rings. The quantitative estimate of drug-likeness (QED) is 0.542. The number of fused-ring (bicyclic) bond motifs is 2. The smallest absolute Gasteiger partial charge is 0.323 e. The Morgan fingerprint density at radius 2 is 1.91 bits per heavy atom. The van der Waals surface area contributed by atoms with Crippen LogP contribution in [0.1, 0.15) is 18.4 Å². The van der Waals surface area contributed by atoms with Crippen LogP contribution in [0.25, 0.3) is 10.9 Å². The summed E-state index contributed by atoms with van der Waals surface area (Å²) in [7, 11) is 0. The fraction of sp³-hybridized carbons (Fsp3) is 0.261. The molecule has 1 aliphatic heterocycles. The molecule has 5 rings (SSSR count). The number of amides is 4. The minimum absolute atomic E-state index is 0.0139. The van der Waals surface area contributed by atoms with Gasteiger partial charge in [-0.3, -0.25) is 9.36 Å². The van der Waals surface area contributed by atoms with Gasteiger partial charge in [0.05, 0.1) is 16.2 Å². The standard InChI is InChI=1S/C23H21ClFN5O3/c24-15-6-3-4-12(20(15)25)10-27-21(31)19-9-13-8-18(13)30(19)23(33)28-16-11-29(22(26)32)17-7-2-1-5-14(16)17/h1-7,11,13,18-19H,8-10H2,(H2,26,32)(H,27,31)(H,28,33)/t13-,18-,19+/m1/s1. The maximum absolute atomic E-state index is 14.1. The number of nitrogens with zero attached hydrogens (tertiary/aromatic N) is 2. The Kier molecular flexibility index (Phi) is 5.20. The van der Waals surface area contributed by atoms with Crippen molar-refractivity contribution < 1.29 is 18.8 Å². The molecule has 1 saturated carbocycles. The fourth-order valence-electron chi connectivity index (χ4n) is 4.61. The second-order valence-electron chi connectivity index (χ2n) is 8.35. The van der Waals surface area contributed by atoms with Gasteiger partial charge in [0.2, 0.25) is 5.91 Å². The minimum atomic E-state index is -0.666. The summed E-state index contributed by atoms with van der Waals surface area (Å²) >= 11 is 5.81. The lowest BCUT2D eigenvalue weighted by atomic mass is 10.1. The van der Waals surface area contributed by atoms with Crippen LogP contribution in [-0.4, -0.2) is 39.5 Å². The molecule has 2 heterocycles. The van der Waals surface area contributed by atoms with Crippen molar-refractivity contribution in [1.82, 2.24) is 14.8 Å². The highest BCUT2D eigenvalue weighted by atomic mass is 35.5. The number of hydrogen-bond donors (Lipinski definition) is 3. The number of para-hydroxylation sites is 1. The monoisotopic (exact) mass is 469 g/mol. The Hall–Kier alpha value is -3.59. The predicted molar refractivity (Wildman–Crippen MR) is 121 cm³/mol. The number of hydrogen-bond acceptors (Lipinski definition) is 3. The maximum Gasteiger partial charge on any atom is 0.323 e. The topological polar surface area (TPSA) is 109 Å². The molecule has 0 spiro atoms. The van der Waals surface area contributed by atoms with Gasteiger partial charge in [-0.05, 0) is 30.9 Å². The Labute approximate surface area is 193 Å². The van der Waals surface area contributed by atoms with Gasteiger partial charge in [-0.2, -0.15) is 0 Å². The van der Waals surface area contributed by atoms with Gasteiger partial charge < -0.3 is 21.3 Å². The number of primary amides is 1. The summed E-state index contributed by atoms with van der Waals surface area (Å²) in [5.74, 6) is -0.660. The number of piperidine rings is 1. The van der Waals surface area contributed by atoms with E-state index in [2.05, 4.69) is 10.6 Å². The van der Waals surface area contributed by atoms with Gasteiger partial charge in [0.25, 0.3) is 0 Å². The maximum atomic E-state index is 14.1. The Morgan fingerprint density at radius 1 is 1.12 bits per heavy atom. The molecule has 3 aromatic rings. The molecule has 2 fully saturated rings. The molecular weight excluding hydrogens is 449 g/mol. The van der Waals surface area contributed by atoms with Gasteiger partial charge in [-0.25, -0.2) is 14.0 Å². The highest BCUT2D eigenvalue weighted by Gasteiger charge is 2.56. The molecule has 1 aromatic heterocycles. The molecule has 170 valence electrons. The third-order valence-corrected chi connectivity index (χ3v) is 6.61. The molecule has 0 bridgehead atoms. The van der Waals surface area contributed by atoms with Gasteiger partial charge in [0, 0.05) is 29.7 Å². The van der Waals surface area contributed by atoms with E-state index in [1.165, 1.54) is 16.8 Å². The van der Waals surface area contributed by atoms with Crippen molar-refractivity contribution in [2.45, 2.75) is 31.5 Å². The molecule has 10 heteroatoms. The molecule has 8 nitrogen and oxygen atoms in total. The lowest BCUT2D eigenvalue weighted by molar-refractivity contribution is -0.125. The van der Waals surface area contributed by atoms with Crippen LogP contribution in [0.15, 0.2) is 48.7 Å². The van der Waals surface area contributed by atoms with Crippen LogP contribution in [-0.2, 0) is 11.3 Å². The average molecular weight is 470 g/mol. The van der Waals surface area contributed by atoms with E-state index < -0.39 is 23.9 Å². The molecule has 4 N–H and O–H groups in total. The minimum Gasteiger partial charge on any atom is -0.351 e. The molecule has 1 saturated heterocycles. The van der Waals surface area contributed by atoms with Crippen molar-refractivity contribution in [3.05, 3.63) is 65.1 Å². The first-order valence-electron chi connectivity index (χ1n) is 10.5. The van der Waals surface area contributed by atoms with Gasteiger partial charge in [-0.15, -0.1) is 0 Å². The van der Waals surface area contributed by atoms with Crippen molar-refractivity contribution >= 4 is 46.2 Å². The lowest BCUT2D eigenvalue weighted by Gasteiger charge is -2.27. The van der Waals surface area contributed by atoms with Crippen LogP contribution >= 0.6 is 11.6 Å². The third kappa shape index (κ3) is 3.78. The summed E-state index contributed by atoms with van der Waals surface area (Å²) in [6.07, 6.45) is 2.86. The first-order chi connectivity index (χ1) is 15.8. The van der Waals surface area contributed by atoms with E-state index >= 15 is 0 Å². The largest absolute Gasteiger partial charge is 0.351 e. The SMILES string of the molecule is NC(=O)n1cc(NC(=O)N2[C@@H]3C[C@@H]3C[C@H]2C(=O)NCc2cccc(Cl)c2F)c2ccccc21. The number of halogens is 2. The van der Waals surface area contributed by atoms with E-state index in [4.69, 9.17) is 17.3 Å². The fourth-order valence-corrected chi connectivity index (χ4v) is 4.80. The van der Waals surface area contributed by atoms with Gasteiger partial charge in [0.15, 0.2) is 0 Å². The number of carbonyl (C=O) groups excluding carboxylic acids is 3. The first-order valence-corrected chi connectivity index (χ1v) is 10.9. The molecular formula is C23H21ClFN5O3. The molecule has 2 aromatic carbocycles. The van der Waals surface area contributed by atoms with Crippen LogP contribution in [0, 0.1) is 11.7 Å². The van der Waals surface area contributed by atoms with Crippen LogP contribution in [0.4, 0.5) is 19.7 Å². The summed E-state index contributed by atoms with van der Waals surface area (Å²) in [6, 6.07) is 9.88. The molecule has 33 heavy (non-hydrogen) atoms.